The molecular formula is C28H41N3O4Si. The van der Waals surface area contributed by atoms with Gasteiger partial charge in [0, 0.05) is 5.69 Å². The minimum absolute atomic E-state index is 0.102. The van der Waals surface area contributed by atoms with Crippen LogP contribution in [0.15, 0.2) is 54.7 Å². The number of carbonyl (C=O) groups is 1. The van der Waals surface area contributed by atoms with Crippen molar-refractivity contribution in [1.29, 1.82) is 0 Å². The first-order valence-electron chi connectivity index (χ1n) is 12.5. The Bertz CT molecular complexity index is 1150. The van der Waals surface area contributed by atoms with Gasteiger partial charge in [0.05, 0.1) is 31.5 Å². The fourth-order valence-corrected chi connectivity index (χ4v) is 4.41. The van der Waals surface area contributed by atoms with Gasteiger partial charge in [-0.1, -0.05) is 57.2 Å². The molecule has 1 amide bonds. The van der Waals surface area contributed by atoms with E-state index in [-0.39, 0.29) is 11.6 Å². The van der Waals surface area contributed by atoms with E-state index >= 15 is 0 Å². The molecule has 2 aromatic heterocycles. The van der Waals surface area contributed by atoms with E-state index in [1.165, 1.54) is 0 Å². The van der Waals surface area contributed by atoms with E-state index in [1.54, 1.807) is 0 Å². The standard InChI is InChI=1S/C28H41N3O4Si/c1-27(2,3)35-26(32)30-24(20-33-18-21-13-10-9-11-14-21)25-29-17-22-15-12-16-23(31(22)25)19-34-36(7,8)28(4,5)6/h9-17,24H,18-20H2,1-8H3,(H,30,32). The highest BCUT2D eigenvalue weighted by Crippen LogP contribution is 2.37. The number of hydrogen-bond donors (Lipinski definition) is 1. The number of imidazole rings is 1. The number of carbonyl (C=O) groups excluding carboxylic acids is 1. The van der Waals surface area contributed by atoms with Crippen LogP contribution in [-0.4, -0.2) is 36.0 Å². The topological polar surface area (TPSA) is 74.1 Å². The summed E-state index contributed by atoms with van der Waals surface area (Å²) in [5.41, 5.74) is 2.35. The number of benzene rings is 1. The van der Waals surface area contributed by atoms with Gasteiger partial charge in [-0.2, -0.15) is 0 Å². The molecule has 0 spiro atoms. The molecule has 0 saturated heterocycles. The normalized spacial score (nSPS) is 13.6. The first kappa shape index (κ1) is 27.9. The summed E-state index contributed by atoms with van der Waals surface area (Å²) in [4.78, 5) is 17.4. The number of fused-ring (bicyclic) bond motifs is 1. The van der Waals surface area contributed by atoms with Crippen molar-refractivity contribution in [2.45, 2.75) is 84.5 Å². The minimum Gasteiger partial charge on any atom is -0.444 e. The van der Waals surface area contributed by atoms with E-state index in [2.05, 4.69) is 43.6 Å². The van der Waals surface area contributed by atoms with Gasteiger partial charge in [0.2, 0.25) is 0 Å². The Balaban J connectivity index is 1.89. The fraction of sp³-hybridized carbons (Fsp3) is 0.500. The summed E-state index contributed by atoms with van der Waals surface area (Å²) in [6.07, 6.45) is 1.30. The van der Waals surface area contributed by atoms with E-state index in [0.717, 1.165) is 16.8 Å². The molecule has 1 N–H and O–H groups in total. The lowest BCUT2D eigenvalue weighted by atomic mass is 10.2. The zero-order valence-corrected chi connectivity index (χ0v) is 23.9. The zero-order valence-electron chi connectivity index (χ0n) is 22.9. The van der Waals surface area contributed by atoms with Gasteiger partial charge in [0.1, 0.15) is 17.5 Å². The molecule has 3 rings (SSSR count). The zero-order chi connectivity index (χ0) is 26.6. The number of alkyl carbamates (subject to hydrolysis) is 1. The Kier molecular flexibility index (Phi) is 8.64. The SMILES string of the molecule is CC(C)(C)OC(=O)NC(COCc1ccccc1)c1ncc2cccc(CO[Si](C)(C)C(C)(C)C)n12. The first-order valence-corrected chi connectivity index (χ1v) is 15.4. The number of nitrogens with one attached hydrogen (secondary N) is 1. The molecule has 0 fully saturated rings. The molecule has 1 aromatic carbocycles. The van der Waals surface area contributed by atoms with Crippen molar-refractivity contribution >= 4 is 19.9 Å². The van der Waals surface area contributed by atoms with Crippen LogP contribution in [0.4, 0.5) is 4.79 Å². The lowest BCUT2D eigenvalue weighted by Gasteiger charge is -2.36. The van der Waals surface area contributed by atoms with Crippen molar-refractivity contribution < 1.29 is 18.7 Å². The molecule has 1 unspecified atom stereocenters. The summed E-state index contributed by atoms with van der Waals surface area (Å²) in [5, 5.41) is 3.08. The molecule has 8 heteroatoms. The van der Waals surface area contributed by atoms with Gasteiger partial charge in [-0.25, -0.2) is 9.78 Å². The number of rotatable bonds is 9. The molecule has 1 atom stereocenters. The number of ether oxygens (including phenoxy) is 2. The van der Waals surface area contributed by atoms with Gasteiger partial charge in [-0.3, -0.25) is 4.40 Å². The monoisotopic (exact) mass is 511 g/mol. The van der Waals surface area contributed by atoms with Crippen LogP contribution in [0.1, 0.15) is 64.7 Å². The number of aromatic nitrogens is 2. The van der Waals surface area contributed by atoms with E-state index < -0.39 is 26.1 Å². The smallest absolute Gasteiger partial charge is 0.408 e. The van der Waals surface area contributed by atoms with Gasteiger partial charge in [0.25, 0.3) is 0 Å². The molecule has 0 aliphatic rings. The van der Waals surface area contributed by atoms with Crippen LogP contribution < -0.4 is 5.32 Å². The van der Waals surface area contributed by atoms with Crippen molar-refractivity contribution in [2.24, 2.45) is 0 Å². The maximum Gasteiger partial charge on any atom is 0.408 e. The predicted molar refractivity (Wildman–Crippen MR) is 145 cm³/mol. The third-order valence-electron chi connectivity index (χ3n) is 6.44. The highest BCUT2D eigenvalue weighted by atomic mass is 28.4. The molecule has 0 radical (unpaired) electrons. The molecule has 0 aliphatic heterocycles. The molecule has 0 aliphatic carbocycles. The van der Waals surface area contributed by atoms with Crippen LogP contribution in [0.25, 0.3) is 5.52 Å². The number of hydrogen-bond acceptors (Lipinski definition) is 5. The van der Waals surface area contributed by atoms with Crippen LogP contribution in [0.3, 0.4) is 0 Å². The average molecular weight is 512 g/mol. The second-order valence-electron chi connectivity index (χ2n) is 11.6. The maximum atomic E-state index is 12.7. The number of pyridine rings is 1. The largest absolute Gasteiger partial charge is 0.444 e. The summed E-state index contributed by atoms with van der Waals surface area (Å²) in [6, 6.07) is 15.5. The Morgan fingerprint density at radius 1 is 1.00 bits per heavy atom. The second kappa shape index (κ2) is 11.1. The highest BCUT2D eigenvalue weighted by Gasteiger charge is 2.37. The molecule has 36 heavy (non-hydrogen) atoms. The van der Waals surface area contributed by atoms with E-state index in [4.69, 9.17) is 18.9 Å². The number of amides is 1. The maximum absolute atomic E-state index is 12.7. The average Bonchev–Trinajstić information content (AvgIpc) is 3.20. The Hall–Kier alpha value is -2.68. The fourth-order valence-electron chi connectivity index (χ4n) is 3.47. The van der Waals surface area contributed by atoms with E-state index in [0.29, 0.717) is 19.0 Å². The first-order chi connectivity index (χ1) is 16.8. The predicted octanol–water partition coefficient (Wildman–Crippen LogP) is 6.64. The lowest BCUT2D eigenvalue weighted by molar-refractivity contribution is 0.0420. The second-order valence-corrected chi connectivity index (χ2v) is 16.5. The highest BCUT2D eigenvalue weighted by molar-refractivity contribution is 6.74. The van der Waals surface area contributed by atoms with Crippen molar-refractivity contribution in [3.8, 4) is 0 Å². The summed E-state index contributed by atoms with van der Waals surface area (Å²) in [7, 11) is -1.96. The van der Waals surface area contributed by atoms with E-state index in [9.17, 15) is 4.79 Å². The molecule has 196 valence electrons. The van der Waals surface area contributed by atoms with Gasteiger partial charge >= 0.3 is 6.09 Å². The molecule has 3 aromatic rings. The van der Waals surface area contributed by atoms with E-state index in [1.807, 2.05) is 75.5 Å². The van der Waals surface area contributed by atoms with Crippen LogP contribution in [-0.2, 0) is 27.1 Å². The number of nitrogens with zero attached hydrogens (tertiary/aromatic N) is 2. The van der Waals surface area contributed by atoms with Crippen LogP contribution in [0, 0.1) is 0 Å². The van der Waals surface area contributed by atoms with Crippen LogP contribution in [0.2, 0.25) is 18.1 Å². The molecular weight excluding hydrogens is 470 g/mol. The van der Waals surface area contributed by atoms with Crippen LogP contribution in [0.5, 0.6) is 0 Å². The third kappa shape index (κ3) is 7.41. The summed E-state index contributed by atoms with van der Waals surface area (Å²) in [5.74, 6) is 0.679. The Labute approximate surface area is 216 Å². The molecule has 0 saturated carbocycles. The summed E-state index contributed by atoms with van der Waals surface area (Å²) < 4.78 is 20.2. The summed E-state index contributed by atoms with van der Waals surface area (Å²) >= 11 is 0. The third-order valence-corrected chi connectivity index (χ3v) is 10.9. The van der Waals surface area contributed by atoms with Gasteiger partial charge < -0.3 is 19.2 Å². The van der Waals surface area contributed by atoms with Crippen molar-refractivity contribution in [3.63, 3.8) is 0 Å². The van der Waals surface area contributed by atoms with Crippen LogP contribution >= 0.6 is 0 Å². The van der Waals surface area contributed by atoms with Crippen molar-refractivity contribution in [1.82, 2.24) is 14.7 Å². The summed E-state index contributed by atoms with van der Waals surface area (Å²) in [6.45, 7) is 17.8. The quantitative estimate of drug-likeness (QED) is 0.326. The van der Waals surface area contributed by atoms with Gasteiger partial charge in [-0.15, -0.1) is 0 Å². The molecule has 7 nitrogen and oxygen atoms in total. The van der Waals surface area contributed by atoms with Crippen molar-refractivity contribution in [2.75, 3.05) is 6.61 Å². The van der Waals surface area contributed by atoms with Gasteiger partial charge in [0.15, 0.2) is 8.32 Å². The lowest BCUT2D eigenvalue weighted by Crippen LogP contribution is -2.40. The minimum atomic E-state index is -1.96. The van der Waals surface area contributed by atoms with Gasteiger partial charge in [-0.05, 0) is 56.6 Å². The molecule has 0 bridgehead atoms. The van der Waals surface area contributed by atoms with Crippen molar-refractivity contribution in [3.05, 3.63) is 71.8 Å². The molecule has 2 heterocycles. The Morgan fingerprint density at radius 3 is 2.33 bits per heavy atom. The Morgan fingerprint density at radius 2 is 1.69 bits per heavy atom.